The molecule has 10 aromatic rings. The Morgan fingerprint density at radius 1 is 0.414 bits per heavy atom. The summed E-state index contributed by atoms with van der Waals surface area (Å²) in [5.41, 5.74) is 22.7. The lowest BCUT2D eigenvalue weighted by molar-refractivity contribution is -0.0399. The molecule has 4 saturated carbocycles. The van der Waals surface area contributed by atoms with Crippen LogP contribution in [0, 0.1) is 44.4 Å². The molecule has 4 bridgehead atoms. The van der Waals surface area contributed by atoms with E-state index in [1.807, 2.05) is 0 Å². The Morgan fingerprint density at radius 2 is 0.957 bits per heavy atom. The zero-order valence-corrected chi connectivity index (χ0v) is 41.0. The Bertz CT molecular complexity index is 3770. The number of hydrogen-bond donors (Lipinski definition) is 0. The molecule has 6 aliphatic carbocycles. The van der Waals surface area contributed by atoms with Gasteiger partial charge >= 0.3 is 0 Å². The lowest BCUT2D eigenvalue weighted by atomic mass is 9.43. The lowest BCUT2D eigenvalue weighted by Crippen LogP contribution is -2.55. The van der Waals surface area contributed by atoms with Crippen molar-refractivity contribution in [3.63, 3.8) is 0 Å². The van der Waals surface area contributed by atoms with E-state index < -0.39 is 0 Å². The lowest BCUT2D eigenvalue weighted by Gasteiger charge is -2.61. The highest BCUT2D eigenvalue weighted by Crippen LogP contribution is 2.70. The van der Waals surface area contributed by atoms with E-state index in [-0.39, 0.29) is 10.8 Å². The van der Waals surface area contributed by atoms with Gasteiger partial charge in [-0.05, 0) is 196 Å². The van der Waals surface area contributed by atoms with Gasteiger partial charge in [0.2, 0.25) is 0 Å². The quantitative estimate of drug-likeness (QED) is 0.153. The zero-order chi connectivity index (χ0) is 46.8. The first-order chi connectivity index (χ1) is 34.2. The van der Waals surface area contributed by atoms with Crippen LogP contribution < -0.4 is 9.80 Å². The molecule has 0 aliphatic heterocycles. The van der Waals surface area contributed by atoms with Crippen LogP contribution in [0.3, 0.4) is 0 Å². The maximum absolute atomic E-state index is 2.68. The van der Waals surface area contributed by atoms with E-state index >= 15 is 0 Å². The van der Waals surface area contributed by atoms with E-state index in [1.165, 1.54) is 143 Å². The highest BCUT2D eigenvalue weighted by molar-refractivity contribution is 6.28. The molecular weight excluding hydrogens is 845 g/mol. The smallest absolute Gasteiger partial charge is 0.0540 e. The second-order valence-corrected chi connectivity index (χ2v) is 22.7. The van der Waals surface area contributed by atoms with Crippen LogP contribution in [0.1, 0.15) is 84.9 Å². The minimum atomic E-state index is -0.181. The van der Waals surface area contributed by atoms with Crippen LogP contribution in [0.2, 0.25) is 0 Å². The second-order valence-electron chi connectivity index (χ2n) is 22.7. The SMILES string of the molecule is Cc1cc(C)c(N(c2ccc3c(c2)C2(c4ccccc4-3)C3CC4CC(C3)CC2C4)c2ccc3ccc4c(N(c5ccccc5)c5cccc6c5C(C)(C)c5ccccc5-6)ccc5ccc2c3c54)c(C)c1. The van der Waals surface area contributed by atoms with Gasteiger partial charge in [-0.2, -0.15) is 0 Å². The predicted octanol–water partition coefficient (Wildman–Crippen LogP) is 18.5. The standard InChI is InChI=1S/C68H58N2/c1-40-32-41(2)66(42(3)33-40)70(50-26-29-53-51-16-10-12-20-58(51)68(59(53)39-50)47-35-43-34-44(37-47)38-48(68)36-43)61-31-25-46-22-27-55-60(30-24-45-23-28-56(61)64(46)63(45)55)69(49-14-7-6-8-15-49)62-21-13-18-54-52-17-9-11-19-57(52)67(4,5)65(54)62/h6-33,39,43-44,47-48H,34-38H2,1-5H3. The summed E-state index contributed by atoms with van der Waals surface area (Å²) in [4.78, 5) is 5.21. The molecule has 0 unspecified atom stereocenters. The van der Waals surface area contributed by atoms with Crippen molar-refractivity contribution in [1.29, 1.82) is 0 Å². The minimum Gasteiger partial charge on any atom is -0.310 e. The molecule has 340 valence electrons. The number of nitrogens with zero attached hydrogens (tertiary/aromatic N) is 2. The number of aryl methyl sites for hydroxylation is 3. The number of para-hydroxylation sites is 1. The number of hydrogen-bond acceptors (Lipinski definition) is 2. The fourth-order valence-corrected chi connectivity index (χ4v) is 16.3. The maximum atomic E-state index is 2.68. The van der Waals surface area contributed by atoms with Gasteiger partial charge in [0.1, 0.15) is 0 Å². The monoisotopic (exact) mass is 902 g/mol. The van der Waals surface area contributed by atoms with Crippen molar-refractivity contribution in [2.45, 2.75) is 77.6 Å². The summed E-state index contributed by atoms with van der Waals surface area (Å²) in [5.74, 6) is 3.21. The van der Waals surface area contributed by atoms with Crippen molar-refractivity contribution >= 4 is 66.4 Å². The van der Waals surface area contributed by atoms with Crippen LogP contribution in [-0.4, -0.2) is 0 Å². The van der Waals surface area contributed by atoms with Gasteiger partial charge in [0.15, 0.2) is 0 Å². The van der Waals surface area contributed by atoms with E-state index in [1.54, 1.807) is 11.1 Å². The first kappa shape index (κ1) is 40.7. The molecule has 16 rings (SSSR count). The molecular formula is C68H58N2. The van der Waals surface area contributed by atoms with Gasteiger partial charge < -0.3 is 9.80 Å². The largest absolute Gasteiger partial charge is 0.310 e. The van der Waals surface area contributed by atoms with Gasteiger partial charge in [0.25, 0.3) is 0 Å². The topological polar surface area (TPSA) is 6.48 Å². The van der Waals surface area contributed by atoms with Gasteiger partial charge in [0, 0.05) is 33.0 Å². The van der Waals surface area contributed by atoms with E-state index in [4.69, 9.17) is 0 Å². The fourth-order valence-electron chi connectivity index (χ4n) is 16.3. The van der Waals surface area contributed by atoms with Gasteiger partial charge in [-0.15, -0.1) is 0 Å². The summed E-state index contributed by atoms with van der Waals surface area (Å²) >= 11 is 0. The average molecular weight is 903 g/mol. The van der Waals surface area contributed by atoms with Crippen molar-refractivity contribution in [3.8, 4) is 22.3 Å². The van der Waals surface area contributed by atoms with Crippen molar-refractivity contribution < 1.29 is 0 Å². The molecule has 0 saturated heterocycles. The molecule has 0 amide bonds. The molecule has 0 N–H and O–H groups in total. The maximum Gasteiger partial charge on any atom is 0.0540 e. The van der Waals surface area contributed by atoms with E-state index in [0.29, 0.717) is 11.8 Å². The van der Waals surface area contributed by atoms with Gasteiger partial charge in [0.05, 0.1) is 22.7 Å². The minimum absolute atomic E-state index is 0.0823. The molecule has 2 heteroatoms. The Hall–Kier alpha value is -7.16. The van der Waals surface area contributed by atoms with Crippen molar-refractivity contribution in [2.24, 2.45) is 23.7 Å². The van der Waals surface area contributed by atoms with Gasteiger partial charge in [-0.25, -0.2) is 0 Å². The first-order valence-electron chi connectivity index (χ1n) is 26.1. The highest BCUT2D eigenvalue weighted by atomic mass is 15.2. The van der Waals surface area contributed by atoms with Crippen molar-refractivity contribution in [2.75, 3.05) is 9.80 Å². The first-order valence-corrected chi connectivity index (χ1v) is 26.1. The zero-order valence-electron chi connectivity index (χ0n) is 41.0. The van der Waals surface area contributed by atoms with Crippen LogP contribution in [0.25, 0.3) is 54.6 Å². The number of benzene rings is 10. The van der Waals surface area contributed by atoms with Crippen LogP contribution in [0.5, 0.6) is 0 Å². The van der Waals surface area contributed by atoms with E-state index in [2.05, 4.69) is 220 Å². The third-order valence-corrected chi connectivity index (χ3v) is 18.6. The molecule has 10 aromatic carbocycles. The normalized spacial score (nSPS) is 22.0. The van der Waals surface area contributed by atoms with Crippen LogP contribution >= 0.6 is 0 Å². The number of anilines is 6. The number of rotatable bonds is 6. The summed E-state index contributed by atoms with van der Waals surface area (Å²) in [5, 5.41) is 7.72. The summed E-state index contributed by atoms with van der Waals surface area (Å²) in [7, 11) is 0. The molecule has 6 aliphatic rings. The average Bonchev–Trinajstić information content (AvgIpc) is 3.79. The van der Waals surface area contributed by atoms with E-state index in [0.717, 1.165) is 17.5 Å². The molecule has 2 nitrogen and oxygen atoms in total. The molecule has 4 fully saturated rings. The summed E-state index contributed by atoms with van der Waals surface area (Å²) in [6.45, 7) is 11.7. The summed E-state index contributed by atoms with van der Waals surface area (Å²) < 4.78 is 0. The third-order valence-electron chi connectivity index (χ3n) is 18.6. The molecule has 0 aromatic heterocycles. The highest BCUT2D eigenvalue weighted by Gasteiger charge is 2.61. The van der Waals surface area contributed by atoms with Crippen LogP contribution in [0.4, 0.5) is 34.1 Å². The fraction of sp³-hybridized carbons (Fsp3) is 0.235. The Balaban J connectivity index is 0.966. The third kappa shape index (κ3) is 5.35. The van der Waals surface area contributed by atoms with Gasteiger partial charge in [-0.1, -0.05) is 153 Å². The second kappa shape index (κ2) is 14.5. The number of fused-ring (bicyclic) bond motifs is 6. The molecule has 0 radical (unpaired) electrons. The Labute approximate surface area is 412 Å². The van der Waals surface area contributed by atoms with Crippen molar-refractivity contribution in [1.82, 2.24) is 0 Å². The molecule has 1 spiro atoms. The summed E-state index contributed by atoms with van der Waals surface area (Å²) in [6, 6.07) is 68.1. The van der Waals surface area contributed by atoms with Gasteiger partial charge in [-0.3, -0.25) is 0 Å². The Kier molecular flexibility index (Phi) is 8.40. The molecule has 0 heterocycles. The summed E-state index contributed by atoms with van der Waals surface area (Å²) in [6.07, 6.45) is 6.96. The Morgan fingerprint density at radius 3 is 1.61 bits per heavy atom. The molecule has 0 atom stereocenters. The predicted molar refractivity (Wildman–Crippen MR) is 295 cm³/mol. The van der Waals surface area contributed by atoms with Crippen molar-refractivity contribution in [3.05, 3.63) is 215 Å². The van der Waals surface area contributed by atoms with Crippen LogP contribution in [0.15, 0.2) is 176 Å². The molecule has 70 heavy (non-hydrogen) atoms. The van der Waals surface area contributed by atoms with E-state index in [9.17, 15) is 0 Å². The van der Waals surface area contributed by atoms with Crippen LogP contribution in [-0.2, 0) is 10.8 Å².